The van der Waals surface area contributed by atoms with E-state index in [-0.39, 0.29) is 5.91 Å². The van der Waals surface area contributed by atoms with Gasteiger partial charge >= 0.3 is 0 Å². The lowest BCUT2D eigenvalue weighted by molar-refractivity contribution is 0.0951. The number of aliphatic hydroxyl groups excluding tert-OH is 1. The van der Waals surface area contributed by atoms with Gasteiger partial charge in [-0.15, -0.1) is 0 Å². The van der Waals surface area contributed by atoms with Crippen LogP contribution in [0.4, 0.5) is 0 Å². The highest BCUT2D eigenvalue weighted by Gasteiger charge is 2.17. The summed E-state index contributed by atoms with van der Waals surface area (Å²) in [5.74, 6) is 0.626. The van der Waals surface area contributed by atoms with Crippen LogP contribution in [0.2, 0.25) is 0 Å². The molecule has 1 amide bonds. The Hall–Kier alpha value is -3.52. The van der Waals surface area contributed by atoms with Gasteiger partial charge in [0.15, 0.2) is 6.29 Å². The van der Waals surface area contributed by atoms with Gasteiger partial charge in [-0.3, -0.25) is 14.0 Å². The molecule has 0 fully saturated rings. The third-order valence-electron chi connectivity index (χ3n) is 4.57. The summed E-state index contributed by atoms with van der Waals surface area (Å²) in [6.45, 7) is 4.22. The van der Waals surface area contributed by atoms with Gasteiger partial charge in [0.1, 0.15) is 17.2 Å². The predicted molar refractivity (Wildman–Crippen MR) is 110 cm³/mol. The lowest BCUT2D eigenvalue weighted by Gasteiger charge is -2.07. The molecule has 8 heteroatoms. The molecule has 0 aliphatic carbocycles. The van der Waals surface area contributed by atoms with E-state index in [9.17, 15) is 9.59 Å². The standard InChI is InChI=1S/C20H19N5O2.CH4O/c1-3-15-18(11-26)25-8-4-5-14(19(25)24-15)20(27)21-10-13-6-7-16-17(9-13)23-12(2)22-16;1-2/h4-9,11H,3,10H2,1-2H3,(H,21,27)(H,22,23);2H,1H3. The normalized spacial score (nSPS) is 10.6. The Morgan fingerprint density at radius 3 is 2.79 bits per heavy atom. The van der Waals surface area contributed by atoms with Gasteiger partial charge in [0.05, 0.1) is 22.3 Å². The molecule has 0 unspecified atom stereocenters. The third-order valence-corrected chi connectivity index (χ3v) is 4.57. The van der Waals surface area contributed by atoms with Crippen molar-refractivity contribution in [3.8, 4) is 0 Å². The van der Waals surface area contributed by atoms with Crippen LogP contribution >= 0.6 is 0 Å². The highest BCUT2D eigenvalue weighted by Crippen LogP contribution is 2.17. The molecule has 8 nitrogen and oxygen atoms in total. The van der Waals surface area contributed by atoms with E-state index >= 15 is 0 Å². The van der Waals surface area contributed by atoms with E-state index in [1.165, 1.54) is 0 Å². The number of H-pyrrole nitrogens is 1. The van der Waals surface area contributed by atoms with E-state index < -0.39 is 0 Å². The molecular weight excluding hydrogens is 370 g/mol. The summed E-state index contributed by atoms with van der Waals surface area (Å²) in [5.41, 5.74) is 4.92. The Morgan fingerprint density at radius 2 is 2.07 bits per heavy atom. The van der Waals surface area contributed by atoms with Crippen LogP contribution in [0.3, 0.4) is 0 Å². The summed E-state index contributed by atoms with van der Waals surface area (Å²) in [4.78, 5) is 36.2. The van der Waals surface area contributed by atoms with Crippen LogP contribution in [0, 0.1) is 6.92 Å². The number of amides is 1. The average Bonchev–Trinajstić information content (AvgIpc) is 3.31. The van der Waals surface area contributed by atoms with Crippen molar-refractivity contribution in [2.45, 2.75) is 26.8 Å². The number of hydrogen-bond donors (Lipinski definition) is 3. The van der Waals surface area contributed by atoms with Gasteiger partial charge in [-0.05, 0) is 43.2 Å². The van der Waals surface area contributed by atoms with E-state index in [0.717, 1.165) is 35.8 Å². The number of carbonyl (C=O) groups is 2. The smallest absolute Gasteiger partial charge is 0.255 e. The molecule has 0 atom stereocenters. The Bertz CT molecular complexity index is 1180. The van der Waals surface area contributed by atoms with Crippen molar-refractivity contribution in [2.24, 2.45) is 0 Å². The van der Waals surface area contributed by atoms with Crippen LogP contribution in [-0.4, -0.2) is 43.8 Å². The number of pyridine rings is 1. The number of benzene rings is 1. The van der Waals surface area contributed by atoms with Gasteiger partial charge < -0.3 is 15.4 Å². The first kappa shape index (κ1) is 20.2. The number of aromatic nitrogens is 4. The van der Waals surface area contributed by atoms with Crippen molar-refractivity contribution < 1.29 is 14.7 Å². The number of rotatable bonds is 5. The Morgan fingerprint density at radius 1 is 1.28 bits per heavy atom. The maximum absolute atomic E-state index is 12.7. The zero-order valence-corrected chi connectivity index (χ0v) is 16.6. The van der Waals surface area contributed by atoms with E-state index in [1.54, 1.807) is 22.7 Å². The number of hydrogen-bond acceptors (Lipinski definition) is 5. The zero-order chi connectivity index (χ0) is 21.0. The molecule has 3 N–H and O–H groups in total. The van der Waals surface area contributed by atoms with Gasteiger partial charge in [-0.25, -0.2) is 9.97 Å². The van der Waals surface area contributed by atoms with Crippen molar-refractivity contribution in [1.29, 1.82) is 0 Å². The number of aryl methyl sites for hydroxylation is 2. The second-order valence-electron chi connectivity index (χ2n) is 6.39. The molecule has 3 heterocycles. The molecular formula is C21H23N5O3. The summed E-state index contributed by atoms with van der Waals surface area (Å²) in [6, 6.07) is 9.31. The van der Waals surface area contributed by atoms with Crippen molar-refractivity contribution in [3.05, 3.63) is 64.9 Å². The van der Waals surface area contributed by atoms with E-state index in [1.807, 2.05) is 32.0 Å². The molecule has 29 heavy (non-hydrogen) atoms. The third kappa shape index (κ3) is 3.88. The Labute approximate surface area is 167 Å². The fourth-order valence-corrected chi connectivity index (χ4v) is 3.27. The van der Waals surface area contributed by atoms with Crippen molar-refractivity contribution in [2.75, 3.05) is 7.11 Å². The van der Waals surface area contributed by atoms with Gasteiger partial charge in [0.25, 0.3) is 5.91 Å². The second kappa shape index (κ2) is 8.66. The molecule has 0 aliphatic rings. The molecule has 0 bridgehead atoms. The number of aldehydes is 1. The minimum atomic E-state index is -0.230. The minimum absolute atomic E-state index is 0.230. The second-order valence-corrected chi connectivity index (χ2v) is 6.39. The topological polar surface area (TPSA) is 112 Å². The number of aliphatic hydroxyl groups is 1. The molecule has 0 aliphatic heterocycles. The largest absolute Gasteiger partial charge is 0.400 e. The fraction of sp³-hybridized carbons (Fsp3) is 0.238. The van der Waals surface area contributed by atoms with Gasteiger partial charge in [0, 0.05) is 19.9 Å². The minimum Gasteiger partial charge on any atom is -0.400 e. The SMILES string of the molecule is CCc1nc2c(C(=O)NCc3ccc4nc(C)[nH]c4c3)cccn2c1C=O.CO. The molecule has 0 saturated heterocycles. The predicted octanol–water partition coefficient (Wildman–Crippen LogP) is 2.43. The molecule has 4 aromatic rings. The number of carbonyl (C=O) groups excluding carboxylic acids is 2. The van der Waals surface area contributed by atoms with Crippen LogP contribution < -0.4 is 5.32 Å². The summed E-state index contributed by atoms with van der Waals surface area (Å²) in [5, 5.41) is 9.93. The van der Waals surface area contributed by atoms with Crippen molar-refractivity contribution in [1.82, 2.24) is 24.7 Å². The molecule has 1 aromatic carbocycles. The van der Waals surface area contributed by atoms with Crippen LogP contribution in [0.25, 0.3) is 16.7 Å². The van der Waals surface area contributed by atoms with Gasteiger partial charge in [-0.1, -0.05) is 13.0 Å². The number of nitrogens with one attached hydrogen (secondary N) is 2. The lowest BCUT2D eigenvalue weighted by atomic mass is 10.2. The van der Waals surface area contributed by atoms with Crippen LogP contribution in [0.5, 0.6) is 0 Å². The lowest BCUT2D eigenvalue weighted by Crippen LogP contribution is -2.23. The van der Waals surface area contributed by atoms with E-state index in [0.29, 0.717) is 35.6 Å². The highest BCUT2D eigenvalue weighted by molar-refractivity contribution is 6.00. The van der Waals surface area contributed by atoms with Gasteiger partial charge in [-0.2, -0.15) is 0 Å². The first-order valence-corrected chi connectivity index (χ1v) is 9.24. The van der Waals surface area contributed by atoms with Crippen LogP contribution in [0.15, 0.2) is 36.5 Å². The summed E-state index contributed by atoms with van der Waals surface area (Å²) >= 11 is 0. The maximum Gasteiger partial charge on any atom is 0.255 e. The average molecular weight is 393 g/mol. The summed E-state index contributed by atoms with van der Waals surface area (Å²) in [7, 11) is 1.00. The summed E-state index contributed by atoms with van der Waals surface area (Å²) < 4.78 is 1.67. The van der Waals surface area contributed by atoms with Crippen LogP contribution in [-0.2, 0) is 13.0 Å². The first-order valence-electron chi connectivity index (χ1n) is 9.24. The number of imidazole rings is 2. The Balaban J connectivity index is 0.00000117. The van der Waals surface area contributed by atoms with Crippen molar-refractivity contribution in [3.63, 3.8) is 0 Å². The monoisotopic (exact) mass is 393 g/mol. The molecule has 3 aromatic heterocycles. The first-order chi connectivity index (χ1) is 14.1. The quantitative estimate of drug-likeness (QED) is 0.451. The number of aromatic amines is 1. The molecule has 0 radical (unpaired) electrons. The van der Waals surface area contributed by atoms with Gasteiger partial charge in [0.2, 0.25) is 0 Å². The highest BCUT2D eigenvalue weighted by atomic mass is 16.2. The molecule has 150 valence electrons. The Kier molecular flexibility index (Phi) is 6.04. The van der Waals surface area contributed by atoms with E-state index in [4.69, 9.17) is 5.11 Å². The molecule has 4 rings (SSSR count). The summed E-state index contributed by atoms with van der Waals surface area (Å²) in [6.07, 6.45) is 3.15. The molecule has 0 spiro atoms. The number of fused-ring (bicyclic) bond motifs is 2. The number of nitrogens with zero attached hydrogens (tertiary/aromatic N) is 3. The van der Waals surface area contributed by atoms with Crippen molar-refractivity contribution >= 4 is 28.9 Å². The fourth-order valence-electron chi connectivity index (χ4n) is 3.27. The zero-order valence-electron chi connectivity index (χ0n) is 16.6. The maximum atomic E-state index is 12.7. The van der Waals surface area contributed by atoms with Crippen LogP contribution in [0.1, 0.15) is 44.9 Å². The van der Waals surface area contributed by atoms with E-state index in [2.05, 4.69) is 20.3 Å². The molecule has 0 saturated carbocycles.